The standard InChI is InChI=1S/C23H17ClN8O2/c1-14-5-4-6-15(11-14)27-22(34)17-8-10-32(30-17)21-19-20(28-23(24)29-21)31(13-26-19)12-18(33)16-7-2-3-9-25-16/h2-11,13H,12H2,1H3,(H,27,34). The van der Waals surface area contributed by atoms with Crippen molar-refractivity contribution in [2.45, 2.75) is 13.5 Å². The maximum absolute atomic E-state index is 12.7. The molecule has 0 spiro atoms. The lowest BCUT2D eigenvalue weighted by Crippen LogP contribution is -2.14. The van der Waals surface area contributed by atoms with Gasteiger partial charge in [-0.2, -0.15) is 15.1 Å². The lowest BCUT2D eigenvalue weighted by Gasteiger charge is -2.06. The summed E-state index contributed by atoms with van der Waals surface area (Å²) in [5.41, 5.74) is 2.96. The van der Waals surface area contributed by atoms with Crippen LogP contribution in [0.3, 0.4) is 0 Å². The first-order valence-electron chi connectivity index (χ1n) is 10.2. The summed E-state index contributed by atoms with van der Waals surface area (Å²) >= 11 is 6.17. The van der Waals surface area contributed by atoms with Gasteiger partial charge < -0.3 is 9.88 Å². The number of fused-ring (bicyclic) bond motifs is 1. The predicted octanol–water partition coefficient (Wildman–Crippen LogP) is 3.50. The molecule has 0 atom stereocenters. The van der Waals surface area contributed by atoms with Gasteiger partial charge in [0.2, 0.25) is 11.1 Å². The van der Waals surface area contributed by atoms with Gasteiger partial charge in [0, 0.05) is 18.1 Å². The van der Waals surface area contributed by atoms with Crippen LogP contribution in [0.2, 0.25) is 5.28 Å². The normalized spacial score (nSPS) is 11.0. The highest BCUT2D eigenvalue weighted by molar-refractivity contribution is 6.28. The first-order valence-corrected chi connectivity index (χ1v) is 10.6. The maximum atomic E-state index is 12.7. The minimum atomic E-state index is -0.368. The van der Waals surface area contributed by atoms with E-state index in [1.54, 1.807) is 47.3 Å². The minimum Gasteiger partial charge on any atom is -0.321 e. The lowest BCUT2D eigenvalue weighted by molar-refractivity contribution is 0.0967. The molecule has 0 aliphatic rings. The van der Waals surface area contributed by atoms with Crippen LogP contribution in [0.25, 0.3) is 17.0 Å². The molecule has 1 aromatic carbocycles. The summed E-state index contributed by atoms with van der Waals surface area (Å²) in [4.78, 5) is 42.2. The van der Waals surface area contributed by atoms with Crippen molar-refractivity contribution >= 4 is 40.1 Å². The van der Waals surface area contributed by atoms with Gasteiger partial charge in [-0.15, -0.1) is 0 Å². The van der Waals surface area contributed by atoms with Crippen LogP contribution in [0.5, 0.6) is 0 Å². The second-order valence-electron chi connectivity index (χ2n) is 7.47. The molecule has 0 unspecified atom stereocenters. The van der Waals surface area contributed by atoms with E-state index in [9.17, 15) is 9.59 Å². The average Bonchev–Trinajstić information content (AvgIpc) is 3.47. The number of hydrogen-bond acceptors (Lipinski definition) is 7. The van der Waals surface area contributed by atoms with Crippen molar-refractivity contribution in [1.29, 1.82) is 0 Å². The van der Waals surface area contributed by atoms with Gasteiger partial charge in [-0.3, -0.25) is 14.6 Å². The lowest BCUT2D eigenvalue weighted by atomic mass is 10.2. The molecule has 1 N–H and O–H groups in total. The van der Waals surface area contributed by atoms with Gasteiger partial charge >= 0.3 is 0 Å². The van der Waals surface area contributed by atoms with Gasteiger partial charge in [0.15, 0.2) is 22.7 Å². The van der Waals surface area contributed by atoms with Crippen molar-refractivity contribution in [2.24, 2.45) is 0 Å². The Kier molecular flexibility index (Phi) is 5.56. The number of rotatable bonds is 6. The molecule has 1 amide bonds. The van der Waals surface area contributed by atoms with E-state index in [-0.39, 0.29) is 35.0 Å². The largest absolute Gasteiger partial charge is 0.321 e. The number of ketones is 1. The number of nitrogens with one attached hydrogen (secondary N) is 1. The number of benzene rings is 1. The fraction of sp³-hybridized carbons (Fsp3) is 0.0870. The van der Waals surface area contributed by atoms with Crippen LogP contribution in [0.4, 0.5) is 5.69 Å². The summed E-state index contributed by atoms with van der Waals surface area (Å²) in [5, 5.41) is 7.11. The minimum absolute atomic E-state index is 0.0243. The predicted molar refractivity (Wildman–Crippen MR) is 125 cm³/mol. The van der Waals surface area contributed by atoms with Gasteiger partial charge in [-0.1, -0.05) is 18.2 Å². The Morgan fingerprint density at radius 3 is 2.71 bits per heavy atom. The van der Waals surface area contributed by atoms with Gasteiger partial charge in [0.05, 0.1) is 12.9 Å². The first-order chi connectivity index (χ1) is 16.5. The Labute approximate surface area is 198 Å². The smallest absolute Gasteiger partial charge is 0.276 e. The molecule has 0 aliphatic heterocycles. The Balaban J connectivity index is 1.44. The van der Waals surface area contributed by atoms with Crippen molar-refractivity contribution in [3.8, 4) is 5.82 Å². The number of hydrogen-bond donors (Lipinski definition) is 1. The van der Waals surface area contributed by atoms with Gasteiger partial charge in [-0.25, -0.2) is 9.67 Å². The molecule has 5 aromatic rings. The quantitative estimate of drug-likeness (QED) is 0.296. The van der Waals surface area contributed by atoms with E-state index in [2.05, 4.69) is 30.4 Å². The molecule has 11 heteroatoms. The van der Waals surface area contributed by atoms with Crippen molar-refractivity contribution in [3.63, 3.8) is 0 Å². The zero-order valence-corrected chi connectivity index (χ0v) is 18.6. The second-order valence-corrected chi connectivity index (χ2v) is 7.81. The van der Waals surface area contributed by atoms with E-state index in [0.717, 1.165) is 5.56 Å². The number of pyridine rings is 1. The summed E-state index contributed by atoms with van der Waals surface area (Å²) in [6.07, 6.45) is 4.62. The molecule has 4 heterocycles. The number of nitrogens with zero attached hydrogens (tertiary/aromatic N) is 7. The van der Waals surface area contributed by atoms with Crippen LogP contribution in [0, 0.1) is 6.92 Å². The molecule has 0 aliphatic carbocycles. The molecule has 10 nitrogen and oxygen atoms in total. The summed E-state index contributed by atoms with van der Waals surface area (Å²) in [7, 11) is 0. The number of aromatic nitrogens is 7. The summed E-state index contributed by atoms with van der Waals surface area (Å²) in [5.74, 6) is -0.286. The molecule has 0 radical (unpaired) electrons. The first kappa shape index (κ1) is 21.4. The number of carbonyl (C=O) groups excluding carboxylic acids is 2. The molecular weight excluding hydrogens is 456 g/mol. The molecular formula is C23H17ClN8O2. The highest BCUT2D eigenvalue weighted by atomic mass is 35.5. The molecule has 168 valence electrons. The average molecular weight is 473 g/mol. The number of amides is 1. The van der Waals surface area contributed by atoms with Crippen LogP contribution < -0.4 is 5.32 Å². The van der Waals surface area contributed by atoms with Crippen molar-refractivity contribution < 1.29 is 9.59 Å². The summed E-state index contributed by atoms with van der Waals surface area (Å²) in [6.45, 7) is 1.92. The fourth-order valence-corrected chi connectivity index (χ4v) is 3.58. The molecule has 0 fully saturated rings. The van der Waals surface area contributed by atoms with Crippen molar-refractivity contribution in [2.75, 3.05) is 5.32 Å². The van der Waals surface area contributed by atoms with Crippen LogP contribution >= 0.6 is 11.6 Å². The third kappa shape index (κ3) is 4.26. The van der Waals surface area contributed by atoms with E-state index in [4.69, 9.17) is 11.6 Å². The zero-order chi connectivity index (χ0) is 23.7. The molecule has 4 aromatic heterocycles. The number of imidazole rings is 1. The Hall–Kier alpha value is -4.44. The number of Topliss-reactive ketones (excluding diaryl/α,β-unsaturated/α-hetero) is 1. The number of aryl methyl sites for hydroxylation is 1. The Morgan fingerprint density at radius 1 is 1.03 bits per heavy atom. The van der Waals surface area contributed by atoms with E-state index in [0.29, 0.717) is 22.5 Å². The van der Waals surface area contributed by atoms with Crippen LogP contribution in [-0.4, -0.2) is 46.0 Å². The monoisotopic (exact) mass is 472 g/mol. The van der Waals surface area contributed by atoms with E-state index in [1.807, 2.05) is 25.1 Å². The third-order valence-corrected chi connectivity index (χ3v) is 5.17. The van der Waals surface area contributed by atoms with E-state index >= 15 is 0 Å². The highest BCUT2D eigenvalue weighted by Crippen LogP contribution is 2.21. The number of halogens is 1. The molecule has 0 saturated carbocycles. The van der Waals surface area contributed by atoms with E-state index < -0.39 is 0 Å². The van der Waals surface area contributed by atoms with Gasteiger partial charge in [-0.05, 0) is 54.4 Å². The maximum Gasteiger partial charge on any atom is 0.276 e. The van der Waals surface area contributed by atoms with Gasteiger partial charge in [0.25, 0.3) is 5.91 Å². The van der Waals surface area contributed by atoms with Crippen LogP contribution in [-0.2, 0) is 6.54 Å². The molecule has 34 heavy (non-hydrogen) atoms. The molecule has 5 rings (SSSR count). The second kappa shape index (κ2) is 8.83. The number of carbonyl (C=O) groups is 2. The Morgan fingerprint density at radius 2 is 1.91 bits per heavy atom. The highest BCUT2D eigenvalue weighted by Gasteiger charge is 2.19. The topological polar surface area (TPSA) is 120 Å². The van der Waals surface area contributed by atoms with Crippen molar-refractivity contribution in [1.82, 2.24) is 34.3 Å². The number of anilines is 1. The summed E-state index contributed by atoms with van der Waals surface area (Å²) < 4.78 is 2.97. The zero-order valence-electron chi connectivity index (χ0n) is 17.9. The van der Waals surface area contributed by atoms with Crippen molar-refractivity contribution in [3.05, 3.63) is 89.5 Å². The SMILES string of the molecule is Cc1cccc(NC(=O)c2ccn(-c3nc(Cl)nc4c3ncn4CC(=O)c3ccccn3)n2)c1. The fourth-order valence-electron chi connectivity index (χ4n) is 3.42. The molecule has 0 saturated heterocycles. The van der Waals surface area contributed by atoms with E-state index in [1.165, 1.54) is 11.0 Å². The summed E-state index contributed by atoms with van der Waals surface area (Å²) in [6, 6.07) is 14.2. The van der Waals surface area contributed by atoms with Crippen LogP contribution in [0.15, 0.2) is 67.3 Å². The third-order valence-electron chi connectivity index (χ3n) is 5.00. The Bertz CT molecular complexity index is 1530. The van der Waals surface area contributed by atoms with Gasteiger partial charge in [0.1, 0.15) is 5.69 Å². The van der Waals surface area contributed by atoms with Crippen LogP contribution in [0.1, 0.15) is 26.5 Å². The molecule has 0 bridgehead atoms.